The van der Waals surface area contributed by atoms with Crippen LogP contribution in [0.2, 0.25) is 0 Å². The zero-order chi connectivity index (χ0) is 19.1. The predicted molar refractivity (Wildman–Crippen MR) is 112 cm³/mol. The largest absolute Gasteiger partial charge is 0.378 e. The van der Waals surface area contributed by atoms with Crippen LogP contribution < -0.4 is 9.80 Å². The van der Waals surface area contributed by atoms with Crippen molar-refractivity contribution in [2.75, 3.05) is 49.2 Å². The Morgan fingerprint density at radius 2 is 1.89 bits per heavy atom. The number of ether oxygens (including phenoxy) is 2. The standard InChI is InChI=1S/C20H25N5O2S/c1-13-11-25(12-14(2)27-13)20-22-16-10-17(15-4-3-5-21-15)28-18(16)19(23-20)24-6-8-26-9-7-24/h3-5,10,13-14,21H,6-9,11-12H2,1-2H3/t13-,14+. The van der Waals surface area contributed by atoms with Crippen LogP contribution in [0.1, 0.15) is 13.8 Å². The van der Waals surface area contributed by atoms with Gasteiger partial charge in [0, 0.05) is 32.4 Å². The highest BCUT2D eigenvalue weighted by atomic mass is 32.1. The topological polar surface area (TPSA) is 66.5 Å². The molecule has 3 aromatic heterocycles. The van der Waals surface area contributed by atoms with Crippen molar-refractivity contribution in [3.63, 3.8) is 0 Å². The molecule has 5 rings (SSSR count). The second-order valence-corrected chi connectivity index (χ2v) is 8.57. The van der Waals surface area contributed by atoms with Gasteiger partial charge in [-0.2, -0.15) is 4.98 Å². The second-order valence-electron chi connectivity index (χ2n) is 7.52. The third-order valence-corrected chi connectivity index (χ3v) is 6.37. The fraction of sp³-hybridized carbons (Fsp3) is 0.500. The molecule has 0 aliphatic carbocycles. The average molecular weight is 400 g/mol. The van der Waals surface area contributed by atoms with Gasteiger partial charge in [0.15, 0.2) is 5.82 Å². The van der Waals surface area contributed by atoms with E-state index in [4.69, 9.17) is 19.4 Å². The molecule has 1 N–H and O–H groups in total. The highest BCUT2D eigenvalue weighted by Crippen LogP contribution is 2.38. The quantitative estimate of drug-likeness (QED) is 0.730. The zero-order valence-corrected chi connectivity index (χ0v) is 17.0. The minimum Gasteiger partial charge on any atom is -0.378 e. The van der Waals surface area contributed by atoms with E-state index in [0.717, 1.165) is 67.1 Å². The fourth-order valence-corrected chi connectivity index (χ4v) is 5.09. The Labute approximate surface area is 168 Å². The van der Waals surface area contributed by atoms with Crippen molar-refractivity contribution in [1.29, 1.82) is 0 Å². The van der Waals surface area contributed by atoms with Gasteiger partial charge in [-0.15, -0.1) is 11.3 Å². The Balaban J connectivity index is 1.60. The number of nitrogens with zero attached hydrogens (tertiary/aromatic N) is 4. The number of nitrogens with one attached hydrogen (secondary N) is 1. The van der Waals surface area contributed by atoms with Crippen molar-refractivity contribution < 1.29 is 9.47 Å². The van der Waals surface area contributed by atoms with Gasteiger partial charge in [-0.1, -0.05) is 0 Å². The molecule has 0 saturated carbocycles. The monoisotopic (exact) mass is 399 g/mol. The van der Waals surface area contributed by atoms with Gasteiger partial charge in [0.05, 0.1) is 46.2 Å². The van der Waals surface area contributed by atoms with E-state index in [9.17, 15) is 0 Å². The maximum atomic E-state index is 5.90. The van der Waals surface area contributed by atoms with Gasteiger partial charge in [-0.05, 0) is 32.0 Å². The van der Waals surface area contributed by atoms with Crippen molar-refractivity contribution in [3.05, 3.63) is 24.4 Å². The van der Waals surface area contributed by atoms with E-state index >= 15 is 0 Å². The summed E-state index contributed by atoms with van der Waals surface area (Å²) in [5.41, 5.74) is 2.12. The maximum Gasteiger partial charge on any atom is 0.228 e. The summed E-state index contributed by atoms with van der Waals surface area (Å²) >= 11 is 1.75. The molecule has 28 heavy (non-hydrogen) atoms. The number of rotatable bonds is 3. The van der Waals surface area contributed by atoms with Crippen molar-refractivity contribution in [2.24, 2.45) is 0 Å². The van der Waals surface area contributed by atoms with Gasteiger partial charge in [0.2, 0.25) is 5.95 Å². The van der Waals surface area contributed by atoms with E-state index in [1.807, 2.05) is 12.3 Å². The molecule has 0 spiro atoms. The van der Waals surface area contributed by atoms with Crippen LogP contribution in [-0.4, -0.2) is 66.6 Å². The normalized spacial score (nSPS) is 23.5. The van der Waals surface area contributed by atoms with E-state index in [1.165, 1.54) is 4.88 Å². The molecule has 3 aromatic rings. The van der Waals surface area contributed by atoms with Gasteiger partial charge in [0.1, 0.15) is 0 Å². The molecule has 8 heteroatoms. The summed E-state index contributed by atoms with van der Waals surface area (Å²) in [5, 5.41) is 0. The zero-order valence-electron chi connectivity index (χ0n) is 16.2. The van der Waals surface area contributed by atoms with Gasteiger partial charge < -0.3 is 24.3 Å². The van der Waals surface area contributed by atoms with Crippen LogP contribution in [0.4, 0.5) is 11.8 Å². The second kappa shape index (κ2) is 7.35. The third-order valence-electron chi connectivity index (χ3n) is 5.22. The predicted octanol–water partition coefficient (Wildman–Crippen LogP) is 3.14. The maximum absolute atomic E-state index is 5.90. The minimum atomic E-state index is 0.173. The first-order chi connectivity index (χ1) is 13.7. The van der Waals surface area contributed by atoms with Crippen molar-refractivity contribution in [2.45, 2.75) is 26.1 Å². The van der Waals surface area contributed by atoms with Crippen molar-refractivity contribution in [1.82, 2.24) is 15.0 Å². The number of aromatic nitrogens is 3. The Bertz CT molecular complexity index is 941. The lowest BCUT2D eigenvalue weighted by molar-refractivity contribution is -0.00569. The summed E-state index contributed by atoms with van der Waals surface area (Å²) in [4.78, 5) is 19.1. The lowest BCUT2D eigenvalue weighted by Crippen LogP contribution is -2.46. The molecule has 5 heterocycles. The lowest BCUT2D eigenvalue weighted by Gasteiger charge is -2.36. The average Bonchev–Trinajstić information content (AvgIpc) is 3.36. The van der Waals surface area contributed by atoms with E-state index < -0.39 is 0 Å². The molecular weight excluding hydrogens is 374 g/mol. The lowest BCUT2D eigenvalue weighted by atomic mass is 10.2. The molecule has 0 radical (unpaired) electrons. The van der Waals surface area contributed by atoms with Gasteiger partial charge >= 0.3 is 0 Å². The van der Waals surface area contributed by atoms with E-state index in [1.54, 1.807) is 11.3 Å². The van der Waals surface area contributed by atoms with Crippen LogP contribution in [0.25, 0.3) is 20.8 Å². The molecular formula is C20H25N5O2S. The number of H-pyrrole nitrogens is 1. The summed E-state index contributed by atoms with van der Waals surface area (Å²) < 4.78 is 12.6. The van der Waals surface area contributed by atoms with E-state index in [0.29, 0.717) is 0 Å². The summed E-state index contributed by atoms with van der Waals surface area (Å²) in [6.07, 6.45) is 2.30. The summed E-state index contributed by atoms with van der Waals surface area (Å²) in [6, 6.07) is 6.29. The van der Waals surface area contributed by atoms with Crippen molar-refractivity contribution >= 4 is 33.3 Å². The number of anilines is 2. The molecule has 7 nitrogen and oxygen atoms in total. The van der Waals surface area contributed by atoms with Gasteiger partial charge in [-0.25, -0.2) is 4.98 Å². The Morgan fingerprint density at radius 3 is 2.61 bits per heavy atom. The van der Waals surface area contributed by atoms with Crippen LogP contribution in [0.15, 0.2) is 24.4 Å². The molecule has 2 atom stereocenters. The molecule has 2 aliphatic rings. The minimum absolute atomic E-state index is 0.173. The number of hydrogen-bond acceptors (Lipinski definition) is 7. The molecule has 0 aromatic carbocycles. The van der Waals surface area contributed by atoms with Crippen molar-refractivity contribution in [3.8, 4) is 10.6 Å². The molecule has 2 fully saturated rings. The number of morpholine rings is 2. The van der Waals surface area contributed by atoms with E-state index in [-0.39, 0.29) is 12.2 Å². The van der Waals surface area contributed by atoms with Crippen LogP contribution >= 0.6 is 11.3 Å². The number of thiophene rings is 1. The molecule has 0 amide bonds. The molecule has 0 unspecified atom stereocenters. The van der Waals surface area contributed by atoms with Crippen LogP contribution in [0.3, 0.4) is 0 Å². The summed E-state index contributed by atoms with van der Waals surface area (Å²) in [6.45, 7) is 9.03. The van der Waals surface area contributed by atoms with Crippen LogP contribution in [0.5, 0.6) is 0 Å². The Morgan fingerprint density at radius 1 is 1.11 bits per heavy atom. The molecule has 148 valence electrons. The molecule has 2 aliphatic heterocycles. The number of hydrogen-bond donors (Lipinski definition) is 1. The number of fused-ring (bicyclic) bond motifs is 1. The fourth-order valence-electron chi connectivity index (χ4n) is 3.99. The molecule has 0 bridgehead atoms. The highest BCUT2D eigenvalue weighted by Gasteiger charge is 2.27. The van der Waals surface area contributed by atoms with E-state index in [2.05, 4.69) is 40.8 Å². The SMILES string of the molecule is C[C@@H]1CN(c2nc(N3CCOCC3)c3sc(-c4ccc[nH]4)cc3n2)C[C@H](C)O1. The third kappa shape index (κ3) is 3.36. The first-order valence-electron chi connectivity index (χ1n) is 9.86. The first kappa shape index (κ1) is 17.9. The first-order valence-corrected chi connectivity index (χ1v) is 10.7. The summed E-state index contributed by atoms with van der Waals surface area (Å²) in [7, 11) is 0. The van der Waals surface area contributed by atoms with Crippen LogP contribution in [0, 0.1) is 0 Å². The summed E-state index contributed by atoms with van der Waals surface area (Å²) in [5.74, 6) is 1.82. The number of aromatic amines is 1. The van der Waals surface area contributed by atoms with Crippen LogP contribution in [-0.2, 0) is 9.47 Å². The smallest absolute Gasteiger partial charge is 0.228 e. The van der Waals surface area contributed by atoms with Gasteiger partial charge in [0.25, 0.3) is 0 Å². The Hall–Kier alpha value is -2.16. The molecule has 2 saturated heterocycles. The Kier molecular flexibility index (Phi) is 4.70. The highest BCUT2D eigenvalue weighted by molar-refractivity contribution is 7.22. The van der Waals surface area contributed by atoms with Gasteiger partial charge in [-0.3, -0.25) is 0 Å².